The third kappa shape index (κ3) is 3.65. The van der Waals surface area contributed by atoms with Crippen LogP contribution in [0.25, 0.3) is 110 Å². The molecule has 240 valence electrons. The summed E-state index contributed by atoms with van der Waals surface area (Å²) in [7, 11) is 0. The maximum Gasteiger partial charge on any atom is 0.160 e. The zero-order valence-corrected chi connectivity index (χ0v) is 28.0. The summed E-state index contributed by atoms with van der Waals surface area (Å²) in [6.07, 6.45) is 0. The number of hydrogen-bond acceptors (Lipinski definition) is 2. The van der Waals surface area contributed by atoms with Crippen LogP contribution in [0.2, 0.25) is 0 Å². The van der Waals surface area contributed by atoms with E-state index in [0.717, 1.165) is 39.2 Å². The van der Waals surface area contributed by atoms with Crippen molar-refractivity contribution >= 4 is 81.6 Å². The van der Waals surface area contributed by atoms with E-state index in [1.165, 1.54) is 70.7 Å². The summed E-state index contributed by atoms with van der Waals surface area (Å²) in [5.41, 5.74) is 11.1. The van der Waals surface area contributed by atoms with Crippen molar-refractivity contribution < 1.29 is 0 Å². The Labute approximate surface area is 297 Å². The molecule has 0 saturated carbocycles. The second-order valence-electron chi connectivity index (χ2n) is 13.8. The first-order chi connectivity index (χ1) is 25.8. The van der Waals surface area contributed by atoms with E-state index in [-0.39, 0.29) is 0 Å². The fourth-order valence-electron chi connectivity index (χ4n) is 8.85. The molecule has 8 aromatic carbocycles. The molecule has 12 aromatic rings. The molecular weight excluding hydrogens is 633 g/mol. The standard InChI is InChI=1S/C48H28N4/c1-3-13-30(14-4-1)46-37-28-32(23-25-38(37)49-48(50-46)31-15-5-2-6-16-31)51-40-21-11-19-35-34-18-9-10-20-39(34)52-41-26-22-29-12-7-8-17-33(29)43(41)36-24-27-42(51)45(44(35)40)47(36)52/h1-28H. The Kier molecular flexibility index (Phi) is 5.47. The van der Waals surface area contributed by atoms with E-state index >= 15 is 0 Å². The van der Waals surface area contributed by atoms with Gasteiger partial charge >= 0.3 is 0 Å². The van der Waals surface area contributed by atoms with Gasteiger partial charge in [0.1, 0.15) is 0 Å². The summed E-state index contributed by atoms with van der Waals surface area (Å²) in [6, 6.07) is 61.1. The van der Waals surface area contributed by atoms with E-state index in [1.54, 1.807) is 0 Å². The molecule has 0 amide bonds. The van der Waals surface area contributed by atoms with Gasteiger partial charge in [0.15, 0.2) is 5.82 Å². The summed E-state index contributed by atoms with van der Waals surface area (Å²) < 4.78 is 4.96. The molecule has 0 bridgehead atoms. The third-order valence-electron chi connectivity index (χ3n) is 11.0. The molecule has 0 N–H and O–H groups in total. The molecule has 12 rings (SSSR count). The van der Waals surface area contributed by atoms with Gasteiger partial charge in [0.2, 0.25) is 0 Å². The Hall–Kier alpha value is -7.04. The van der Waals surface area contributed by atoms with Gasteiger partial charge < -0.3 is 8.97 Å². The number of aromatic nitrogens is 4. The topological polar surface area (TPSA) is 35.1 Å². The lowest BCUT2D eigenvalue weighted by atomic mass is 10.0. The molecule has 0 unspecified atom stereocenters. The average molecular weight is 661 g/mol. The summed E-state index contributed by atoms with van der Waals surface area (Å²) in [6.45, 7) is 0. The summed E-state index contributed by atoms with van der Waals surface area (Å²) in [4.78, 5) is 10.3. The van der Waals surface area contributed by atoms with Crippen molar-refractivity contribution in [3.05, 3.63) is 170 Å². The van der Waals surface area contributed by atoms with Gasteiger partial charge in [-0.05, 0) is 58.6 Å². The normalized spacial score (nSPS) is 12.2. The molecule has 52 heavy (non-hydrogen) atoms. The zero-order valence-electron chi connectivity index (χ0n) is 28.0. The van der Waals surface area contributed by atoms with Gasteiger partial charge in [0.05, 0.1) is 38.8 Å². The molecule has 4 heterocycles. The molecule has 0 radical (unpaired) electrons. The van der Waals surface area contributed by atoms with Crippen molar-refractivity contribution in [1.29, 1.82) is 0 Å². The minimum atomic E-state index is 0.727. The van der Waals surface area contributed by atoms with E-state index in [4.69, 9.17) is 9.97 Å². The number of fused-ring (bicyclic) bond motifs is 9. The van der Waals surface area contributed by atoms with Crippen LogP contribution in [0.5, 0.6) is 0 Å². The van der Waals surface area contributed by atoms with Crippen LogP contribution in [0.3, 0.4) is 0 Å². The largest absolute Gasteiger partial charge is 0.309 e. The minimum absolute atomic E-state index is 0.727. The highest BCUT2D eigenvalue weighted by Crippen LogP contribution is 2.46. The van der Waals surface area contributed by atoms with E-state index < -0.39 is 0 Å². The SMILES string of the molecule is c1ccc(-c2nc(-c3ccccc3)c3cc(-n4c5cccc6c7ccccc7n7c8ccc9ccccc9c8c8ccc4c(c65)c87)ccc3n2)cc1. The van der Waals surface area contributed by atoms with E-state index in [0.29, 0.717) is 0 Å². The van der Waals surface area contributed by atoms with E-state index in [2.05, 4.69) is 161 Å². The predicted octanol–water partition coefficient (Wildman–Crippen LogP) is 12.4. The van der Waals surface area contributed by atoms with Gasteiger partial charge in [-0.3, -0.25) is 0 Å². The van der Waals surface area contributed by atoms with Crippen molar-refractivity contribution in [2.75, 3.05) is 0 Å². The molecule has 0 spiro atoms. The Morgan fingerprint density at radius 2 is 1.08 bits per heavy atom. The van der Waals surface area contributed by atoms with Gasteiger partial charge in [-0.1, -0.05) is 127 Å². The predicted molar refractivity (Wildman–Crippen MR) is 217 cm³/mol. The number of benzene rings is 8. The van der Waals surface area contributed by atoms with Crippen LogP contribution < -0.4 is 0 Å². The van der Waals surface area contributed by atoms with Crippen LogP contribution in [0.1, 0.15) is 0 Å². The highest BCUT2D eigenvalue weighted by Gasteiger charge is 2.24. The maximum absolute atomic E-state index is 5.21. The lowest BCUT2D eigenvalue weighted by molar-refractivity contribution is 1.18. The van der Waals surface area contributed by atoms with E-state index in [9.17, 15) is 0 Å². The molecule has 0 aliphatic rings. The monoisotopic (exact) mass is 660 g/mol. The average Bonchev–Trinajstić information content (AvgIpc) is 3.70. The first-order valence-corrected chi connectivity index (χ1v) is 17.8. The fourth-order valence-corrected chi connectivity index (χ4v) is 8.85. The highest BCUT2D eigenvalue weighted by molar-refractivity contribution is 6.35. The molecule has 0 atom stereocenters. The zero-order chi connectivity index (χ0) is 33.9. The van der Waals surface area contributed by atoms with Crippen molar-refractivity contribution in [3.63, 3.8) is 0 Å². The Bertz CT molecular complexity index is 3390. The van der Waals surface area contributed by atoms with Crippen LogP contribution in [-0.4, -0.2) is 18.9 Å². The molecule has 0 saturated heterocycles. The lowest BCUT2D eigenvalue weighted by Crippen LogP contribution is -1.98. The molecular formula is C48H28N4. The van der Waals surface area contributed by atoms with Gasteiger partial charge in [-0.2, -0.15) is 0 Å². The number of nitrogens with zero attached hydrogens (tertiary/aromatic N) is 4. The Morgan fingerprint density at radius 3 is 1.94 bits per heavy atom. The van der Waals surface area contributed by atoms with Gasteiger partial charge in [0.25, 0.3) is 0 Å². The minimum Gasteiger partial charge on any atom is -0.309 e. The second-order valence-corrected chi connectivity index (χ2v) is 13.8. The van der Waals surface area contributed by atoms with Gasteiger partial charge in [-0.15, -0.1) is 0 Å². The Balaban J connectivity index is 1.24. The summed E-state index contributed by atoms with van der Waals surface area (Å²) in [5, 5.41) is 11.2. The summed E-state index contributed by atoms with van der Waals surface area (Å²) in [5.74, 6) is 0.727. The number of rotatable bonds is 3. The smallest absolute Gasteiger partial charge is 0.160 e. The number of para-hydroxylation sites is 1. The van der Waals surface area contributed by atoms with Crippen LogP contribution in [0.15, 0.2) is 170 Å². The van der Waals surface area contributed by atoms with Crippen molar-refractivity contribution in [2.24, 2.45) is 0 Å². The van der Waals surface area contributed by atoms with E-state index in [1.807, 2.05) is 18.2 Å². The Morgan fingerprint density at radius 1 is 0.385 bits per heavy atom. The van der Waals surface area contributed by atoms with Gasteiger partial charge in [-0.25, -0.2) is 9.97 Å². The van der Waals surface area contributed by atoms with Crippen molar-refractivity contribution in [2.45, 2.75) is 0 Å². The fraction of sp³-hybridized carbons (Fsp3) is 0. The van der Waals surface area contributed by atoms with Crippen LogP contribution >= 0.6 is 0 Å². The maximum atomic E-state index is 5.21. The number of hydrogen-bond donors (Lipinski definition) is 0. The lowest BCUT2D eigenvalue weighted by Gasteiger charge is -2.13. The van der Waals surface area contributed by atoms with Crippen molar-refractivity contribution in [3.8, 4) is 28.3 Å². The molecule has 4 aromatic heterocycles. The molecule has 0 fully saturated rings. The molecule has 4 nitrogen and oxygen atoms in total. The summed E-state index contributed by atoms with van der Waals surface area (Å²) >= 11 is 0. The second kappa shape index (κ2) is 10.3. The van der Waals surface area contributed by atoms with Crippen LogP contribution in [0, 0.1) is 0 Å². The van der Waals surface area contributed by atoms with Crippen molar-refractivity contribution in [1.82, 2.24) is 18.9 Å². The van der Waals surface area contributed by atoms with Gasteiger partial charge in [0, 0.05) is 49.1 Å². The first-order valence-electron chi connectivity index (χ1n) is 17.8. The molecule has 0 aliphatic heterocycles. The molecule has 4 heteroatoms. The van der Waals surface area contributed by atoms with Crippen LogP contribution in [0.4, 0.5) is 0 Å². The molecule has 0 aliphatic carbocycles. The van der Waals surface area contributed by atoms with Crippen LogP contribution in [-0.2, 0) is 0 Å². The third-order valence-corrected chi connectivity index (χ3v) is 11.0. The quantitative estimate of drug-likeness (QED) is 0.189. The first kappa shape index (κ1) is 27.7. The highest BCUT2D eigenvalue weighted by atomic mass is 15.0.